The summed E-state index contributed by atoms with van der Waals surface area (Å²) < 4.78 is 1.97. The molecule has 0 radical (unpaired) electrons. The maximum atomic E-state index is 13.8. The van der Waals surface area contributed by atoms with Crippen molar-refractivity contribution in [1.82, 2.24) is 14.8 Å². The summed E-state index contributed by atoms with van der Waals surface area (Å²) in [7, 11) is 0. The highest BCUT2D eigenvalue weighted by Crippen LogP contribution is 2.52. The Balaban J connectivity index is 1.70. The van der Waals surface area contributed by atoms with Crippen molar-refractivity contribution in [3.8, 4) is 0 Å². The molecule has 2 bridgehead atoms. The first-order valence-electron chi connectivity index (χ1n) is 12.3. The molecule has 176 valence electrons. The van der Waals surface area contributed by atoms with Crippen LogP contribution in [0.1, 0.15) is 106 Å². The Kier molecular flexibility index (Phi) is 6.01. The Hall–Kier alpha value is -2.11. The summed E-state index contributed by atoms with van der Waals surface area (Å²) in [6.07, 6.45) is 10.8. The first-order valence-corrected chi connectivity index (χ1v) is 12.3. The monoisotopic (exact) mass is 441 g/mol. The lowest BCUT2D eigenvalue weighted by Crippen LogP contribution is -2.41. The summed E-state index contributed by atoms with van der Waals surface area (Å²) in [5.41, 5.74) is 0.102. The van der Waals surface area contributed by atoms with Crippen LogP contribution in [0.5, 0.6) is 0 Å². The van der Waals surface area contributed by atoms with Crippen LogP contribution in [0.3, 0.4) is 0 Å². The largest absolute Gasteiger partial charge is 0.352 e. The summed E-state index contributed by atoms with van der Waals surface area (Å²) in [5, 5.41) is 2.87. The summed E-state index contributed by atoms with van der Waals surface area (Å²) in [5.74, 6) is -0.293. The molecular formula is C26H39N3O3. The van der Waals surface area contributed by atoms with Crippen molar-refractivity contribution in [2.45, 2.75) is 91.6 Å². The van der Waals surface area contributed by atoms with Crippen molar-refractivity contribution in [1.29, 1.82) is 0 Å². The minimum Gasteiger partial charge on any atom is -0.352 e. The molecule has 2 unspecified atom stereocenters. The van der Waals surface area contributed by atoms with Crippen LogP contribution >= 0.6 is 0 Å². The van der Waals surface area contributed by atoms with E-state index >= 15 is 0 Å². The fourth-order valence-electron chi connectivity index (χ4n) is 6.57. The van der Waals surface area contributed by atoms with Gasteiger partial charge in [-0.3, -0.25) is 14.4 Å². The number of amides is 2. The average Bonchev–Trinajstić information content (AvgIpc) is 3.31. The number of fused-ring (bicyclic) bond motifs is 2. The first kappa shape index (κ1) is 23.1. The SMILES string of the molecule is CC(C)CNC(=O)c1cn(C2CCCC2)cc(C(=O)N2CC3(C)CC2CC(C)(C)C3)c1=O. The van der Waals surface area contributed by atoms with Gasteiger partial charge in [0.25, 0.3) is 11.8 Å². The molecule has 6 nitrogen and oxygen atoms in total. The van der Waals surface area contributed by atoms with Gasteiger partial charge in [0.1, 0.15) is 11.1 Å². The van der Waals surface area contributed by atoms with Gasteiger partial charge in [-0.05, 0) is 48.9 Å². The van der Waals surface area contributed by atoms with E-state index < -0.39 is 5.43 Å². The van der Waals surface area contributed by atoms with Crippen LogP contribution in [0.4, 0.5) is 0 Å². The number of aromatic nitrogens is 1. The van der Waals surface area contributed by atoms with Gasteiger partial charge in [0.2, 0.25) is 5.43 Å². The molecule has 1 aromatic heterocycles. The molecule has 6 heteroatoms. The van der Waals surface area contributed by atoms with Crippen LogP contribution in [0.25, 0.3) is 0 Å². The van der Waals surface area contributed by atoms with Gasteiger partial charge >= 0.3 is 0 Å². The van der Waals surface area contributed by atoms with Crippen molar-refractivity contribution < 1.29 is 9.59 Å². The standard InChI is InChI=1S/C26H39N3O3/c1-17(2)12-27-23(31)20-13-28(18-8-6-7-9-18)14-21(22(20)30)24(32)29-16-26(5)11-19(29)10-25(3,4)15-26/h13-14,17-19H,6-12,15-16H2,1-5H3,(H,27,31). The molecule has 2 aliphatic carbocycles. The minimum atomic E-state index is -0.434. The lowest BCUT2D eigenvalue weighted by Gasteiger charge is -2.39. The van der Waals surface area contributed by atoms with Gasteiger partial charge in [-0.1, -0.05) is 47.5 Å². The van der Waals surface area contributed by atoms with Crippen LogP contribution in [0.2, 0.25) is 0 Å². The molecule has 4 rings (SSSR count). The zero-order valence-corrected chi connectivity index (χ0v) is 20.4. The van der Waals surface area contributed by atoms with E-state index in [1.165, 1.54) is 0 Å². The molecule has 2 atom stereocenters. The Morgan fingerprint density at radius 2 is 1.72 bits per heavy atom. The minimum absolute atomic E-state index is 0.0945. The number of pyridine rings is 1. The van der Waals surface area contributed by atoms with Gasteiger partial charge in [-0.25, -0.2) is 0 Å². The van der Waals surface area contributed by atoms with Crippen LogP contribution in [-0.2, 0) is 0 Å². The summed E-state index contributed by atoms with van der Waals surface area (Å²) in [6.45, 7) is 12.0. The number of likely N-dealkylation sites (tertiary alicyclic amines) is 1. The van der Waals surface area contributed by atoms with Crippen molar-refractivity contribution in [3.05, 3.63) is 33.7 Å². The van der Waals surface area contributed by atoms with E-state index in [2.05, 4.69) is 26.1 Å². The number of hydrogen-bond acceptors (Lipinski definition) is 3. The molecule has 0 spiro atoms. The topological polar surface area (TPSA) is 71.4 Å². The summed E-state index contributed by atoms with van der Waals surface area (Å²) in [6, 6.07) is 0.405. The molecule has 2 saturated carbocycles. The average molecular weight is 442 g/mol. The lowest BCUT2D eigenvalue weighted by molar-refractivity contribution is 0.0705. The summed E-state index contributed by atoms with van der Waals surface area (Å²) in [4.78, 5) is 42.0. The van der Waals surface area contributed by atoms with Crippen molar-refractivity contribution in [2.24, 2.45) is 16.7 Å². The molecule has 0 aromatic carbocycles. The zero-order chi connectivity index (χ0) is 23.3. The number of nitrogens with zero attached hydrogens (tertiary/aromatic N) is 2. The van der Waals surface area contributed by atoms with Gasteiger partial charge < -0.3 is 14.8 Å². The van der Waals surface area contributed by atoms with Crippen LogP contribution in [-0.4, -0.2) is 40.4 Å². The second-order valence-corrected chi connectivity index (χ2v) is 12.1. The van der Waals surface area contributed by atoms with E-state index in [1.807, 2.05) is 23.3 Å². The predicted octanol–water partition coefficient (Wildman–Crippen LogP) is 4.39. The third kappa shape index (κ3) is 4.51. The molecule has 1 aromatic rings. The van der Waals surface area contributed by atoms with Crippen molar-refractivity contribution >= 4 is 11.8 Å². The number of carbonyl (C=O) groups excluding carboxylic acids is 2. The van der Waals surface area contributed by atoms with Crippen LogP contribution < -0.4 is 10.7 Å². The number of carbonyl (C=O) groups is 2. The molecule has 32 heavy (non-hydrogen) atoms. The van der Waals surface area contributed by atoms with Crippen LogP contribution in [0, 0.1) is 16.7 Å². The van der Waals surface area contributed by atoms with Crippen LogP contribution in [0.15, 0.2) is 17.2 Å². The molecular weight excluding hydrogens is 402 g/mol. The quantitative estimate of drug-likeness (QED) is 0.737. The first-order chi connectivity index (χ1) is 15.0. The maximum absolute atomic E-state index is 13.8. The van der Waals surface area contributed by atoms with E-state index in [4.69, 9.17) is 0 Å². The van der Waals surface area contributed by atoms with Gasteiger partial charge in [0, 0.05) is 37.6 Å². The summed E-state index contributed by atoms with van der Waals surface area (Å²) >= 11 is 0. The number of hydrogen-bond donors (Lipinski definition) is 1. The van der Waals surface area contributed by atoms with E-state index in [-0.39, 0.29) is 51.8 Å². The third-order valence-electron chi connectivity index (χ3n) is 7.61. The Morgan fingerprint density at radius 3 is 2.38 bits per heavy atom. The number of rotatable bonds is 5. The maximum Gasteiger partial charge on any atom is 0.259 e. The molecule has 3 fully saturated rings. The predicted molar refractivity (Wildman–Crippen MR) is 126 cm³/mol. The van der Waals surface area contributed by atoms with E-state index in [0.29, 0.717) is 13.1 Å². The van der Waals surface area contributed by atoms with Gasteiger partial charge in [0.05, 0.1) is 0 Å². The highest BCUT2D eigenvalue weighted by atomic mass is 16.2. The normalized spacial score (nSPS) is 27.2. The van der Waals surface area contributed by atoms with Gasteiger partial charge in [0.15, 0.2) is 0 Å². The molecule has 2 amide bonds. The number of nitrogens with one attached hydrogen (secondary N) is 1. The lowest BCUT2D eigenvalue weighted by atomic mass is 9.65. The van der Waals surface area contributed by atoms with Gasteiger partial charge in [-0.15, -0.1) is 0 Å². The zero-order valence-electron chi connectivity index (χ0n) is 20.4. The smallest absolute Gasteiger partial charge is 0.259 e. The van der Waals surface area contributed by atoms with Crippen molar-refractivity contribution in [3.63, 3.8) is 0 Å². The van der Waals surface area contributed by atoms with Gasteiger partial charge in [-0.2, -0.15) is 0 Å². The molecule has 3 aliphatic rings. The Labute approximate surface area is 191 Å². The van der Waals surface area contributed by atoms with E-state index in [9.17, 15) is 14.4 Å². The third-order valence-corrected chi connectivity index (χ3v) is 7.61. The highest BCUT2D eigenvalue weighted by Gasteiger charge is 2.51. The Bertz CT molecular complexity index is 958. The second-order valence-electron chi connectivity index (χ2n) is 12.1. The molecule has 1 saturated heterocycles. The second kappa shape index (κ2) is 8.35. The molecule has 1 N–H and O–H groups in total. The fourth-order valence-corrected chi connectivity index (χ4v) is 6.57. The Morgan fingerprint density at radius 1 is 1.06 bits per heavy atom. The highest BCUT2D eigenvalue weighted by molar-refractivity contribution is 5.99. The molecule has 1 aliphatic heterocycles. The fraction of sp³-hybridized carbons (Fsp3) is 0.731. The molecule has 2 heterocycles. The van der Waals surface area contributed by atoms with Crippen molar-refractivity contribution in [2.75, 3.05) is 13.1 Å². The van der Waals surface area contributed by atoms with E-state index in [1.54, 1.807) is 12.4 Å². The van der Waals surface area contributed by atoms with E-state index in [0.717, 1.165) is 44.9 Å².